The van der Waals surface area contributed by atoms with Gasteiger partial charge in [-0.3, -0.25) is 14.4 Å². The number of carbonyl (C=O) groups excluding carboxylic acids is 4. The SMILES string of the molecule is C.C.C.NC(=O)Cc1c(CCc2nc(Cc3ccc(C4CCN([B]C=O)CC4)cc3)ncc2C(F)(F)F)cccc1C(F)(F)F.NC(=O)Cc1c(CCc2nc(Cc3ccc(C4CCNCC4)cc3)ncc2C(F)(F)F)cccc1C(F)(F)F.O=C[B]N1CCC(c2ccc(Cc3ncc(C(F)(F)F)c(CCc4cccc(C(F)(F)F)c4CC(=O)O)n3)cc2)CC1. The van der Waals surface area contributed by atoms with E-state index in [1.165, 1.54) is 38.6 Å². The van der Waals surface area contributed by atoms with Crippen molar-refractivity contribution in [2.75, 3.05) is 39.3 Å². The van der Waals surface area contributed by atoms with Gasteiger partial charge in [0.15, 0.2) is 0 Å². The predicted octanol–water partition coefficient (Wildman–Crippen LogP) is 17.7. The number of halogens is 18. The number of hydrogen-bond acceptors (Lipinski definition) is 14. The number of amides is 2. The van der Waals surface area contributed by atoms with Crippen LogP contribution in [0.3, 0.4) is 0 Å². The van der Waals surface area contributed by atoms with E-state index in [0.29, 0.717) is 30.1 Å². The maximum Gasteiger partial charge on any atom is 0.419 e. The Hall–Kier alpha value is -10.9. The van der Waals surface area contributed by atoms with Crippen LogP contribution in [0.2, 0.25) is 0 Å². The van der Waals surface area contributed by atoms with Crippen molar-refractivity contribution in [3.63, 3.8) is 0 Å². The van der Waals surface area contributed by atoms with E-state index in [1.54, 1.807) is 0 Å². The number of benzene rings is 6. The van der Waals surface area contributed by atoms with Crippen molar-refractivity contribution in [3.05, 3.63) is 281 Å². The number of aliphatic carboxylic acids is 1. The third-order valence-electron chi connectivity index (χ3n) is 21.7. The highest BCUT2D eigenvalue weighted by Crippen LogP contribution is 2.41. The number of nitrogens with zero attached hydrogens (tertiary/aromatic N) is 8. The van der Waals surface area contributed by atoms with Gasteiger partial charge in [-0.05, 0) is 219 Å². The van der Waals surface area contributed by atoms with E-state index in [4.69, 9.17) is 16.6 Å². The van der Waals surface area contributed by atoms with Gasteiger partial charge in [0, 0.05) is 37.9 Å². The van der Waals surface area contributed by atoms with Gasteiger partial charge >= 0.3 is 43.0 Å². The third-order valence-corrected chi connectivity index (χ3v) is 21.7. The van der Waals surface area contributed by atoms with Crippen molar-refractivity contribution in [1.82, 2.24) is 44.8 Å². The molecule has 2 amide bonds. The van der Waals surface area contributed by atoms with Gasteiger partial charge in [0.25, 0.3) is 14.8 Å². The molecule has 0 atom stereocenters. The first-order valence-electron chi connectivity index (χ1n) is 39.2. The first kappa shape index (κ1) is 102. The lowest BCUT2D eigenvalue weighted by Crippen LogP contribution is -2.36. The molecule has 0 aliphatic carbocycles. The summed E-state index contributed by atoms with van der Waals surface area (Å²) < 4.78 is 246. The number of alkyl halides is 18. The van der Waals surface area contributed by atoms with Crippen molar-refractivity contribution < 1.29 is 108 Å². The molecule has 0 bridgehead atoms. The highest BCUT2D eigenvalue weighted by molar-refractivity contribution is 6.64. The number of hydrogen-bond donors (Lipinski definition) is 4. The number of nitrogens with one attached hydrogen (secondary N) is 1. The number of primary amides is 2. The van der Waals surface area contributed by atoms with Crippen LogP contribution in [0.25, 0.3) is 0 Å². The van der Waals surface area contributed by atoms with E-state index in [9.17, 15) is 103 Å². The molecule has 9 aromatic rings. The molecule has 2 radical (unpaired) electrons. The average Bonchev–Trinajstić information content (AvgIpc) is 0.795. The van der Waals surface area contributed by atoms with E-state index in [1.807, 2.05) is 82.4 Å². The fourth-order valence-corrected chi connectivity index (χ4v) is 15.6. The molecule has 674 valence electrons. The molecule has 0 unspecified atom stereocenters. The van der Waals surface area contributed by atoms with Crippen molar-refractivity contribution in [1.29, 1.82) is 0 Å². The van der Waals surface area contributed by atoms with Gasteiger partial charge in [-0.15, -0.1) is 0 Å². The number of carbonyl (C=O) groups is 5. The quantitative estimate of drug-likeness (QED) is 0.0202. The lowest BCUT2D eigenvalue weighted by atomic mass is 9.84. The molecular weight excluding hydrogens is 1680 g/mol. The van der Waals surface area contributed by atoms with Crippen molar-refractivity contribution in [3.8, 4) is 0 Å². The summed E-state index contributed by atoms with van der Waals surface area (Å²) in [6.07, 6.45) is -22.8. The Morgan fingerprint density at radius 2 is 0.643 bits per heavy atom. The molecule has 6 heterocycles. The molecule has 12 rings (SSSR count). The van der Waals surface area contributed by atoms with Gasteiger partial charge in [-0.2, -0.15) is 79.0 Å². The normalized spacial score (nSPS) is 14.6. The van der Waals surface area contributed by atoms with E-state index < -0.39 is 113 Å². The Bertz CT molecular complexity index is 4900. The topological polar surface area (TPSA) is 253 Å². The molecule has 6 aromatic carbocycles. The van der Waals surface area contributed by atoms with Crippen LogP contribution < -0.4 is 16.8 Å². The number of piperidine rings is 3. The van der Waals surface area contributed by atoms with Crippen LogP contribution >= 0.6 is 0 Å². The summed E-state index contributed by atoms with van der Waals surface area (Å²) in [5.41, 5.74) is 7.72. The molecule has 37 heteroatoms. The zero-order valence-corrected chi connectivity index (χ0v) is 65.9. The number of aromatic nitrogens is 6. The Kier molecular flexibility index (Phi) is 36.5. The molecule has 0 saturated carbocycles. The maximum atomic E-state index is 13.8. The van der Waals surface area contributed by atoms with E-state index in [-0.39, 0.29) is 142 Å². The monoisotopic (exact) mass is 1780 g/mol. The predicted molar refractivity (Wildman–Crippen MR) is 440 cm³/mol. The van der Waals surface area contributed by atoms with Crippen LogP contribution in [0.1, 0.15) is 213 Å². The van der Waals surface area contributed by atoms with Crippen LogP contribution in [0.4, 0.5) is 79.0 Å². The fraction of sp³-hybridized carbons (Fsp3) is 0.404. The Morgan fingerprint density at radius 3 is 0.889 bits per heavy atom. The van der Waals surface area contributed by atoms with E-state index in [0.717, 1.165) is 161 Å². The van der Waals surface area contributed by atoms with E-state index >= 15 is 0 Å². The molecule has 6 N–H and O–H groups in total. The lowest BCUT2D eigenvalue weighted by molar-refractivity contribution is -0.141. The molecule has 3 saturated heterocycles. The fourth-order valence-electron chi connectivity index (χ4n) is 15.6. The summed E-state index contributed by atoms with van der Waals surface area (Å²) in [5.74, 6) is -1.88. The third kappa shape index (κ3) is 29.1. The van der Waals surface area contributed by atoms with Crippen LogP contribution in [-0.4, -0.2) is 129 Å². The Morgan fingerprint density at radius 1 is 0.381 bits per heavy atom. The number of carboxylic acid groups (broad SMARTS) is 1. The Labute approximate surface area is 719 Å². The molecular formula is C89H95B2F18N11O6. The maximum absolute atomic E-state index is 13.8. The van der Waals surface area contributed by atoms with Gasteiger partial charge < -0.3 is 41.1 Å². The van der Waals surface area contributed by atoms with Gasteiger partial charge in [-0.25, -0.2) is 29.9 Å². The van der Waals surface area contributed by atoms with Gasteiger partial charge in [0.1, 0.15) is 17.5 Å². The molecule has 3 aliphatic rings. The summed E-state index contributed by atoms with van der Waals surface area (Å²) >= 11 is 0. The molecule has 3 aliphatic heterocycles. The van der Waals surface area contributed by atoms with Crippen molar-refractivity contribution in [2.45, 2.75) is 193 Å². The second-order valence-electron chi connectivity index (χ2n) is 30.1. The summed E-state index contributed by atoms with van der Waals surface area (Å²) in [6.45, 7) is 5.01. The van der Waals surface area contributed by atoms with Crippen LogP contribution in [0, 0.1) is 0 Å². The minimum Gasteiger partial charge on any atom is -0.481 e. The molecule has 126 heavy (non-hydrogen) atoms. The summed E-state index contributed by atoms with van der Waals surface area (Å²) in [5, 5.41) is 12.5. The number of aryl methyl sites for hydroxylation is 6. The van der Waals surface area contributed by atoms with E-state index in [2.05, 4.69) is 35.2 Å². The standard InChI is InChI=1S/C29H28BF6N4O2.C29H27BF6N3O3.C28H28F6N4O.3CH4/c31-28(32,33)23-3-1-2-21(22(23)15-26(37)42)8-9-25-24(29(34,35)36)16-38-27(39-25)14-18-4-6-19(7-5-18)20-10-12-40(13-11-20)30-17-41;31-28(32,33)23-3-1-2-21(22(23)15-27(41)42)8-9-25-24(29(34,35)36)16-37-26(38-25)14-18-4-6-19(7-5-18)20-10-12-39(13-11-20)30-17-40;29-27(30,31)22-3-1-2-20(21(22)15-25(35)39)8-9-24-23(28(32,33)34)16-37-26(38-24)14-17-4-6-18(7-5-17)19-10-12-36-13-11-19;;;/h1-7,16-17,20H,8-15H2,(H2,37,42);1-7,16-17,20H,8-15H2,(H,41,42);1-7,16,19,36H,8-15H2,(H2,35,39);3*1H4. The van der Waals surface area contributed by atoms with Crippen LogP contribution in [-0.2, 0) is 138 Å². The zero-order chi connectivity index (χ0) is 89.2. The van der Waals surface area contributed by atoms with Crippen molar-refractivity contribution in [2.24, 2.45) is 11.5 Å². The first-order valence-corrected chi connectivity index (χ1v) is 39.2. The van der Waals surface area contributed by atoms with Gasteiger partial charge in [-0.1, -0.05) is 131 Å². The number of rotatable bonds is 28. The summed E-state index contributed by atoms with van der Waals surface area (Å²) in [7, 11) is 3.07. The summed E-state index contributed by atoms with van der Waals surface area (Å²) in [6, 6.07) is 33.0. The van der Waals surface area contributed by atoms with Crippen LogP contribution in [0.5, 0.6) is 0 Å². The van der Waals surface area contributed by atoms with Gasteiger partial charge in [0.05, 0.1) is 82.1 Å². The second kappa shape index (κ2) is 45.0. The average molecular weight is 1780 g/mol. The molecule has 3 fully saturated rings. The lowest BCUT2D eigenvalue weighted by Gasteiger charge is -2.30. The van der Waals surface area contributed by atoms with Crippen molar-refractivity contribution >= 4 is 45.0 Å². The largest absolute Gasteiger partial charge is 0.481 e. The smallest absolute Gasteiger partial charge is 0.419 e. The van der Waals surface area contributed by atoms with Crippen LogP contribution in [0.15, 0.2) is 146 Å². The second-order valence-corrected chi connectivity index (χ2v) is 30.1. The number of nitrogens with two attached hydrogens (primary N) is 2. The minimum atomic E-state index is -4.82. The summed E-state index contributed by atoms with van der Waals surface area (Å²) in [4.78, 5) is 83.8. The molecule has 0 spiro atoms. The highest BCUT2D eigenvalue weighted by Gasteiger charge is 2.41. The number of carboxylic acids is 1. The minimum absolute atomic E-state index is 0. The molecule has 3 aromatic heterocycles. The first-order chi connectivity index (χ1) is 58.1. The highest BCUT2D eigenvalue weighted by atomic mass is 19.4. The zero-order valence-electron chi connectivity index (χ0n) is 65.9. The van der Waals surface area contributed by atoms with Gasteiger partial charge in [0.2, 0.25) is 11.8 Å². The molecule has 17 nitrogen and oxygen atoms in total. The Balaban J connectivity index is 0.000000256.